The highest BCUT2D eigenvalue weighted by atomic mass is 35.5. The first-order chi connectivity index (χ1) is 3.39. The largest absolute Gasteiger partial charge is 1.00 e. The van der Waals surface area contributed by atoms with Gasteiger partial charge in [0.2, 0.25) is 24.3 Å². The second kappa shape index (κ2) is 5.79. The predicted octanol–water partition coefficient (Wildman–Crippen LogP) is -6.37. The molecule has 0 aliphatic heterocycles. The van der Waals surface area contributed by atoms with E-state index in [2.05, 4.69) is 9.97 Å². The smallest absolute Gasteiger partial charge is 0.240 e. The lowest BCUT2D eigenvalue weighted by Gasteiger charge is -1.68. The topological polar surface area (TPSA) is 28.3 Å². The van der Waals surface area contributed by atoms with Crippen LogP contribution in [0.25, 0.3) is 0 Å². The molecule has 0 aliphatic carbocycles. The van der Waals surface area contributed by atoms with Crippen LogP contribution in [0.4, 0.5) is 0 Å². The zero-order valence-electron chi connectivity index (χ0n) is 4.99. The molecule has 1 aromatic heterocycles. The van der Waals surface area contributed by atoms with E-state index in [0.717, 1.165) is 5.69 Å². The average Bonchev–Trinajstić information content (AvgIpc) is 1.69. The lowest BCUT2D eigenvalue weighted by molar-refractivity contribution is -0.454. The summed E-state index contributed by atoms with van der Waals surface area (Å²) in [5.41, 5.74) is 1.14. The van der Waals surface area contributed by atoms with Gasteiger partial charge in [0.25, 0.3) is 0 Å². The Bertz CT molecular complexity index is 143. The highest BCUT2D eigenvalue weighted by Crippen LogP contribution is 1.69. The predicted molar refractivity (Wildman–Crippen MR) is 24.3 cm³/mol. The maximum Gasteiger partial charge on any atom is 0.240 e. The van der Waals surface area contributed by atoms with Crippen LogP contribution in [0.5, 0.6) is 0 Å². The minimum absolute atomic E-state index is 0. The maximum atomic E-state index is 3.00. The van der Waals surface area contributed by atoms with E-state index in [0.29, 0.717) is 0 Å². The van der Waals surface area contributed by atoms with Gasteiger partial charge in [0.1, 0.15) is 0 Å². The molecule has 0 aliphatic rings. The number of hydrogen-bond donors (Lipinski definition) is 0. The lowest BCUT2D eigenvalue weighted by Crippen LogP contribution is -3.00. The van der Waals surface area contributed by atoms with Gasteiger partial charge in [-0.05, 0) is 0 Å². The summed E-state index contributed by atoms with van der Waals surface area (Å²) in [4.78, 5) is 5.93. The number of hydrogen-bond acceptors (Lipinski definition) is 0. The van der Waals surface area contributed by atoms with E-state index >= 15 is 0 Å². The van der Waals surface area contributed by atoms with Gasteiger partial charge >= 0.3 is 0 Å². The fourth-order valence-corrected chi connectivity index (χ4v) is 0.436. The first-order valence-corrected chi connectivity index (χ1v) is 2.24. The van der Waals surface area contributed by atoms with Crippen LogP contribution in [0.2, 0.25) is 0 Å². The summed E-state index contributed by atoms with van der Waals surface area (Å²) in [5.74, 6) is 0. The molecule has 4 heteroatoms. The summed E-state index contributed by atoms with van der Waals surface area (Å²) in [7, 11) is 0. The number of halogens is 2. The fourth-order valence-electron chi connectivity index (χ4n) is 0.436. The third kappa shape index (κ3) is 4.18. The molecular weight excluding hydrogens is 159 g/mol. The van der Waals surface area contributed by atoms with Crippen molar-refractivity contribution in [3.8, 4) is 0 Å². The van der Waals surface area contributed by atoms with Crippen LogP contribution in [0.3, 0.4) is 0 Å². The van der Waals surface area contributed by atoms with Gasteiger partial charge in [-0.3, -0.25) is 0 Å². The third-order valence-corrected chi connectivity index (χ3v) is 0.790. The molecular formula is C5H8Cl2N2. The summed E-state index contributed by atoms with van der Waals surface area (Å²) < 4.78 is 0. The lowest BCUT2D eigenvalue weighted by atomic mass is 10.5. The van der Waals surface area contributed by atoms with E-state index in [1.807, 2.05) is 25.5 Å². The zero-order chi connectivity index (χ0) is 5.11. The molecule has 0 radical (unpaired) electrons. The summed E-state index contributed by atoms with van der Waals surface area (Å²) in [6.07, 6.45) is 5.60. The second-order valence-electron chi connectivity index (χ2n) is 1.47. The standard InChI is InChI=1S/C5H6N2.2ClH/c1-5-4-6-2-3-7-5;;/h2-4H,1H3;2*1H. The van der Waals surface area contributed by atoms with Gasteiger partial charge in [0.15, 0.2) is 0 Å². The molecule has 9 heavy (non-hydrogen) atoms. The number of nitrogens with one attached hydrogen (secondary N) is 2. The average molecular weight is 167 g/mol. The minimum atomic E-state index is 0. The van der Waals surface area contributed by atoms with Crippen molar-refractivity contribution in [1.29, 1.82) is 0 Å². The van der Waals surface area contributed by atoms with Gasteiger partial charge in [0.05, 0.1) is 0 Å². The summed E-state index contributed by atoms with van der Waals surface area (Å²) in [6, 6.07) is 0. The van der Waals surface area contributed by atoms with Crippen LogP contribution in [-0.2, 0) is 0 Å². The summed E-state index contributed by atoms with van der Waals surface area (Å²) in [6.45, 7) is 2.00. The molecule has 2 N–H and O–H groups in total. The van der Waals surface area contributed by atoms with Gasteiger partial charge in [0, 0.05) is 6.92 Å². The van der Waals surface area contributed by atoms with Crippen molar-refractivity contribution in [1.82, 2.24) is 0 Å². The zero-order valence-corrected chi connectivity index (χ0v) is 6.50. The second-order valence-corrected chi connectivity index (χ2v) is 1.47. The molecule has 1 heterocycles. The van der Waals surface area contributed by atoms with Crippen molar-refractivity contribution in [2.45, 2.75) is 6.92 Å². The van der Waals surface area contributed by atoms with Gasteiger partial charge < -0.3 is 24.8 Å². The van der Waals surface area contributed by atoms with Crippen molar-refractivity contribution in [3.05, 3.63) is 24.3 Å². The summed E-state index contributed by atoms with van der Waals surface area (Å²) in [5, 5.41) is 0. The Morgan fingerprint density at radius 1 is 1.22 bits per heavy atom. The number of rotatable bonds is 0. The first kappa shape index (κ1) is 11.5. The summed E-state index contributed by atoms with van der Waals surface area (Å²) >= 11 is 0. The molecule has 0 aromatic carbocycles. The first-order valence-electron chi connectivity index (χ1n) is 2.24. The van der Waals surface area contributed by atoms with Crippen LogP contribution < -0.4 is 34.8 Å². The van der Waals surface area contributed by atoms with E-state index in [9.17, 15) is 0 Å². The molecule has 52 valence electrons. The molecule has 0 unspecified atom stereocenters. The Morgan fingerprint density at radius 3 is 2.11 bits per heavy atom. The van der Waals surface area contributed by atoms with Crippen LogP contribution >= 0.6 is 0 Å². The van der Waals surface area contributed by atoms with E-state index in [1.54, 1.807) is 0 Å². The Morgan fingerprint density at radius 2 is 1.89 bits per heavy atom. The third-order valence-electron chi connectivity index (χ3n) is 0.790. The van der Waals surface area contributed by atoms with Gasteiger partial charge in [-0.2, -0.15) is 0 Å². The number of aromatic amines is 2. The van der Waals surface area contributed by atoms with Crippen molar-refractivity contribution >= 4 is 0 Å². The highest BCUT2D eigenvalue weighted by molar-refractivity contribution is 4.71. The molecule has 0 atom stereocenters. The Kier molecular flexibility index (Phi) is 7.37. The molecule has 0 spiro atoms. The molecule has 0 fully saturated rings. The van der Waals surface area contributed by atoms with Crippen LogP contribution in [-0.4, -0.2) is 0 Å². The Hall–Kier alpha value is -0.340. The highest BCUT2D eigenvalue weighted by Gasteiger charge is 1.89. The molecule has 1 aromatic rings. The van der Waals surface area contributed by atoms with Crippen LogP contribution in [0.1, 0.15) is 5.69 Å². The number of aromatic nitrogens is 2. The molecule has 0 amide bonds. The molecule has 0 saturated carbocycles. The van der Waals surface area contributed by atoms with Crippen LogP contribution in [0, 0.1) is 6.92 Å². The quantitative estimate of drug-likeness (QED) is 0.367. The normalized spacial score (nSPS) is 6.78. The molecule has 1 rings (SSSR count). The van der Waals surface area contributed by atoms with Crippen molar-refractivity contribution in [2.24, 2.45) is 0 Å². The maximum absolute atomic E-state index is 3.00. The van der Waals surface area contributed by atoms with E-state index in [4.69, 9.17) is 0 Å². The fraction of sp³-hybridized carbons (Fsp3) is 0.200. The minimum Gasteiger partial charge on any atom is -1.00 e. The Balaban J connectivity index is 0. The van der Waals surface area contributed by atoms with E-state index in [1.165, 1.54) is 0 Å². The van der Waals surface area contributed by atoms with E-state index < -0.39 is 0 Å². The van der Waals surface area contributed by atoms with Crippen molar-refractivity contribution < 1.29 is 34.8 Å². The SMILES string of the molecule is Cc1c[nH+]cc[nH+]1.[Cl-].[Cl-]. The Labute approximate surface area is 66.5 Å². The molecule has 0 bridgehead atoms. The van der Waals surface area contributed by atoms with Crippen LogP contribution in [0.15, 0.2) is 18.6 Å². The number of aryl methyl sites for hydroxylation is 1. The van der Waals surface area contributed by atoms with Crippen molar-refractivity contribution in [3.63, 3.8) is 0 Å². The molecule has 0 saturated heterocycles. The number of H-pyrrole nitrogens is 2. The monoisotopic (exact) mass is 166 g/mol. The molecule has 2 nitrogen and oxygen atoms in total. The van der Waals surface area contributed by atoms with Gasteiger partial charge in [-0.15, -0.1) is 0 Å². The van der Waals surface area contributed by atoms with Gasteiger partial charge in [-0.25, -0.2) is 9.97 Å². The van der Waals surface area contributed by atoms with Crippen molar-refractivity contribution in [2.75, 3.05) is 0 Å². The van der Waals surface area contributed by atoms with Gasteiger partial charge in [-0.1, -0.05) is 0 Å². The van der Waals surface area contributed by atoms with E-state index in [-0.39, 0.29) is 24.8 Å².